The molecule has 0 bridgehead atoms. The van der Waals surface area contributed by atoms with E-state index in [1.807, 2.05) is 12.3 Å². The molecule has 1 aromatic rings. The van der Waals surface area contributed by atoms with E-state index in [0.717, 1.165) is 45.0 Å². The van der Waals surface area contributed by atoms with Gasteiger partial charge in [-0.3, -0.25) is 14.9 Å². The van der Waals surface area contributed by atoms with E-state index in [1.165, 1.54) is 5.56 Å². The maximum Gasteiger partial charge on any atom is 0.191 e. The molecule has 0 unspecified atom stereocenters. The molecule has 0 saturated carbocycles. The van der Waals surface area contributed by atoms with Crippen molar-refractivity contribution >= 4 is 29.9 Å². The monoisotopic (exact) mass is 461 g/mol. The van der Waals surface area contributed by atoms with Crippen molar-refractivity contribution in [1.82, 2.24) is 20.5 Å². The van der Waals surface area contributed by atoms with Crippen molar-refractivity contribution in [3.05, 3.63) is 30.1 Å². The first-order chi connectivity index (χ1) is 11.5. The zero-order valence-corrected chi connectivity index (χ0v) is 18.8. The van der Waals surface area contributed by atoms with E-state index in [-0.39, 0.29) is 24.0 Å². The average molecular weight is 461 g/mol. The lowest BCUT2D eigenvalue weighted by atomic mass is 10.2. The van der Waals surface area contributed by atoms with E-state index in [4.69, 9.17) is 0 Å². The fourth-order valence-electron chi connectivity index (χ4n) is 2.77. The van der Waals surface area contributed by atoms with Crippen LogP contribution in [0.3, 0.4) is 0 Å². The SMILES string of the molecule is CCNC(=NCCCN(C(C)C)C(C)C)NCCc1cccnc1.I. The van der Waals surface area contributed by atoms with Crippen molar-refractivity contribution < 1.29 is 0 Å². The van der Waals surface area contributed by atoms with Crippen molar-refractivity contribution in [2.75, 3.05) is 26.2 Å². The van der Waals surface area contributed by atoms with E-state index < -0.39 is 0 Å². The normalized spacial score (nSPS) is 11.8. The van der Waals surface area contributed by atoms with Crippen LogP contribution in [-0.4, -0.2) is 54.1 Å². The molecule has 1 rings (SSSR count). The van der Waals surface area contributed by atoms with Gasteiger partial charge in [-0.15, -0.1) is 24.0 Å². The summed E-state index contributed by atoms with van der Waals surface area (Å²) in [6, 6.07) is 5.24. The molecule has 1 aromatic heterocycles. The summed E-state index contributed by atoms with van der Waals surface area (Å²) in [5.74, 6) is 0.905. The van der Waals surface area contributed by atoms with Crippen molar-refractivity contribution in [1.29, 1.82) is 0 Å². The van der Waals surface area contributed by atoms with Gasteiger partial charge in [0.25, 0.3) is 0 Å². The molecule has 1 heterocycles. The Bertz CT molecular complexity index is 454. The maximum atomic E-state index is 4.69. The second-order valence-corrected chi connectivity index (χ2v) is 6.58. The van der Waals surface area contributed by atoms with Crippen LogP contribution in [0.25, 0.3) is 0 Å². The largest absolute Gasteiger partial charge is 0.357 e. The molecule has 0 aromatic carbocycles. The summed E-state index contributed by atoms with van der Waals surface area (Å²) >= 11 is 0. The van der Waals surface area contributed by atoms with E-state index >= 15 is 0 Å². The van der Waals surface area contributed by atoms with Crippen molar-refractivity contribution in [3.8, 4) is 0 Å². The van der Waals surface area contributed by atoms with Gasteiger partial charge in [0, 0.05) is 50.7 Å². The lowest BCUT2D eigenvalue weighted by Crippen LogP contribution is -2.39. The molecule has 0 atom stereocenters. The highest BCUT2D eigenvalue weighted by Gasteiger charge is 2.12. The van der Waals surface area contributed by atoms with Crippen LogP contribution >= 0.6 is 24.0 Å². The molecule has 0 aliphatic rings. The van der Waals surface area contributed by atoms with Gasteiger partial charge in [-0.2, -0.15) is 0 Å². The lowest BCUT2D eigenvalue weighted by molar-refractivity contribution is 0.174. The van der Waals surface area contributed by atoms with Crippen LogP contribution in [0.2, 0.25) is 0 Å². The Balaban J connectivity index is 0.00000576. The number of halogens is 1. The summed E-state index contributed by atoms with van der Waals surface area (Å²) in [4.78, 5) is 11.3. The van der Waals surface area contributed by atoms with Gasteiger partial charge in [0.15, 0.2) is 5.96 Å². The zero-order valence-electron chi connectivity index (χ0n) is 16.5. The Morgan fingerprint density at radius 1 is 1.20 bits per heavy atom. The molecule has 5 nitrogen and oxygen atoms in total. The first kappa shape index (κ1) is 24.1. The number of hydrogen-bond acceptors (Lipinski definition) is 3. The van der Waals surface area contributed by atoms with Gasteiger partial charge in [0.2, 0.25) is 0 Å². The van der Waals surface area contributed by atoms with Gasteiger partial charge in [0.05, 0.1) is 0 Å². The van der Waals surface area contributed by atoms with Gasteiger partial charge >= 0.3 is 0 Å². The van der Waals surface area contributed by atoms with Gasteiger partial charge < -0.3 is 10.6 Å². The topological polar surface area (TPSA) is 52.6 Å². The van der Waals surface area contributed by atoms with E-state index in [1.54, 1.807) is 6.20 Å². The number of nitrogens with one attached hydrogen (secondary N) is 2. The number of hydrogen-bond donors (Lipinski definition) is 2. The maximum absolute atomic E-state index is 4.69. The van der Waals surface area contributed by atoms with Gasteiger partial charge in [0.1, 0.15) is 0 Å². The third-order valence-corrected chi connectivity index (χ3v) is 3.94. The highest BCUT2D eigenvalue weighted by Crippen LogP contribution is 2.05. The highest BCUT2D eigenvalue weighted by atomic mass is 127. The molecule has 0 aliphatic heterocycles. The van der Waals surface area contributed by atoms with Crippen LogP contribution in [0.5, 0.6) is 0 Å². The van der Waals surface area contributed by atoms with Crippen molar-refractivity contribution in [3.63, 3.8) is 0 Å². The van der Waals surface area contributed by atoms with Crippen LogP contribution in [0, 0.1) is 0 Å². The fourth-order valence-corrected chi connectivity index (χ4v) is 2.77. The first-order valence-electron chi connectivity index (χ1n) is 9.21. The summed E-state index contributed by atoms with van der Waals surface area (Å²) in [5.41, 5.74) is 1.24. The summed E-state index contributed by atoms with van der Waals surface area (Å²) in [6.45, 7) is 14.8. The third-order valence-electron chi connectivity index (χ3n) is 3.94. The number of pyridine rings is 1. The van der Waals surface area contributed by atoms with Crippen LogP contribution in [0.1, 0.15) is 46.6 Å². The molecule has 0 fully saturated rings. The van der Waals surface area contributed by atoms with Gasteiger partial charge in [-0.25, -0.2) is 0 Å². The number of nitrogens with zero attached hydrogens (tertiary/aromatic N) is 3. The van der Waals surface area contributed by atoms with Crippen LogP contribution in [-0.2, 0) is 6.42 Å². The Morgan fingerprint density at radius 3 is 2.48 bits per heavy atom. The molecule has 144 valence electrons. The molecule has 2 N–H and O–H groups in total. The molecule has 0 saturated heterocycles. The smallest absolute Gasteiger partial charge is 0.191 e. The van der Waals surface area contributed by atoms with E-state index in [0.29, 0.717) is 12.1 Å². The zero-order chi connectivity index (χ0) is 17.8. The molecule has 0 amide bonds. The third kappa shape index (κ3) is 10.6. The van der Waals surface area contributed by atoms with Crippen LogP contribution in [0.15, 0.2) is 29.5 Å². The molecular formula is C19H36IN5. The Kier molecular flexibility index (Phi) is 13.8. The number of aromatic nitrogens is 1. The number of aliphatic imine (C=N–C) groups is 1. The van der Waals surface area contributed by atoms with Gasteiger partial charge in [-0.1, -0.05) is 6.07 Å². The van der Waals surface area contributed by atoms with Crippen LogP contribution in [0.4, 0.5) is 0 Å². The molecule has 0 spiro atoms. The van der Waals surface area contributed by atoms with Gasteiger partial charge in [-0.05, 0) is 59.1 Å². The molecule has 6 heteroatoms. The average Bonchev–Trinajstić information content (AvgIpc) is 2.54. The highest BCUT2D eigenvalue weighted by molar-refractivity contribution is 14.0. The summed E-state index contributed by atoms with van der Waals surface area (Å²) in [6.07, 6.45) is 5.75. The minimum atomic E-state index is 0. The summed E-state index contributed by atoms with van der Waals surface area (Å²) in [7, 11) is 0. The minimum Gasteiger partial charge on any atom is -0.357 e. The second-order valence-electron chi connectivity index (χ2n) is 6.58. The standard InChI is InChI=1S/C19H35N5.HI/c1-6-21-19(23-13-10-18-9-7-11-20-15-18)22-12-8-14-24(16(2)3)17(4)5;/h7,9,11,15-17H,6,8,10,12-14H2,1-5H3,(H2,21,22,23);1H. The fraction of sp³-hybridized carbons (Fsp3) is 0.684. The number of guanidine groups is 1. The Morgan fingerprint density at radius 2 is 1.92 bits per heavy atom. The second kappa shape index (κ2) is 14.3. The predicted octanol–water partition coefficient (Wildman–Crippen LogP) is 3.31. The Hall–Kier alpha value is -0.890. The molecule has 0 aliphatic carbocycles. The summed E-state index contributed by atoms with van der Waals surface area (Å²) in [5, 5.41) is 6.71. The number of rotatable bonds is 10. The Labute approximate surface area is 171 Å². The molecule has 0 radical (unpaired) electrons. The lowest BCUT2D eigenvalue weighted by Gasteiger charge is -2.30. The first-order valence-corrected chi connectivity index (χ1v) is 9.21. The molecule has 25 heavy (non-hydrogen) atoms. The van der Waals surface area contributed by atoms with Crippen LogP contribution < -0.4 is 10.6 Å². The molecular weight excluding hydrogens is 425 g/mol. The van der Waals surface area contributed by atoms with Crippen molar-refractivity contribution in [2.24, 2.45) is 4.99 Å². The van der Waals surface area contributed by atoms with E-state index in [9.17, 15) is 0 Å². The summed E-state index contributed by atoms with van der Waals surface area (Å²) < 4.78 is 0. The van der Waals surface area contributed by atoms with Crippen molar-refractivity contribution in [2.45, 2.75) is 59.5 Å². The minimum absolute atomic E-state index is 0. The predicted molar refractivity (Wildman–Crippen MR) is 119 cm³/mol. The quantitative estimate of drug-likeness (QED) is 0.243. The van der Waals surface area contributed by atoms with E-state index in [2.05, 4.69) is 66.2 Å².